The van der Waals surface area contributed by atoms with E-state index >= 15 is 0 Å². The molecule has 1 aromatic carbocycles. The average Bonchev–Trinajstić information content (AvgIpc) is 2.36. The van der Waals surface area contributed by atoms with Gasteiger partial charge < -0.3 is 15.4 Å². The maximum Gasteiger partial charge on any atom is 0.244 e. The number of nitrogens with two attached hydrogens (primary N) is 1. The third-order valence-corrected chi connectivity index (χ3v) is 3.36. The van der Waals surface area contributed by atoms with Crippen LogP contribution >= 0.6 is 12.4 Å². The zero-order valence-corrected chi connectivity index (χ0v) is 13.1. The van der Waals surface area contributed by atoms with Crippen LogP contribution in [0.3, 0.4) is 0 Å². The summed E-state index contributed by atoms with van der Waals surface area (Å²) in [5, 5.41) is 0. The Morgan fingerprint density at radius 1 is 1.55 bits per heavy atom. The topological polar surface area (TPSA) is 55.6 Å². The molecule has 20 heavy (non-hydrogen) atoms. The van der Waals surface area contributed by atoms with Crippen molar-refractivity contribution in [2.24, 2.45) is 5.73 Å². The second-order valence-electron chi connectivity index (χ2n) is 5.24. The molecule has 2 rings (SSSR count). The molecule has 2 unspecified atom stereocenters. The molecule has 0 aromatic heterocycles. The molecule has 4 nitrogen and oxygen atoms in total. The van der Waals surface area contributed by atoms with E-state index in [1.165, 1.54) is 0 Å². The SMILES string of the molecule is CCCC(N)C(=O)N1CC(C)Oc2cc(C)ccc21.Cl. The smallest absolute Gasteiger partial charge is 0.244 e. The largest absolute Gasteiger partial charge is 0.487 e. The molecule has 1 amide bonds. The minimum atomic E-state index is -0.426. The zero-order valence-electron chi connectivity index (χ0n) is 12.3. The first-order chi connectivity index (χ1) is 9.02. The highest BCUT2D eigenvalue weighted by molar-refractivity contribution is 5.98. The highest BCUT2D eigenvalue weighted by Crippen LogP contribution is 2.34. The fourth-order valence-electron chi connectivity index (χ4n) is 2.39. The number of nitrogens with zero attached hydrogens (tertiary/aromatic N) is 1. The van der Waals surface area contributed by atoms with Gasteiger partial charge in [0.05, 0.1) is 18.3 Å². The van der Waals surface area contributed by atoms with Crippen LogP contribution in [-0.4, -0.2) is 24.6 Å². The Labute approximate surface area is 126 Å². The van der Waals surface area contributed by atoms with Crippen molar-refractivity contribution in [3.05, 3.63) is 23.8 Å². The van der Waals surface area contributed by atoms with E-state index in [9.17, 15) is 4.79 Å². The molecule has 0 radical (unpaired) electrons. The summed E-state index contributed by atoms with van der Waals surface area (Å²) < 4.78 is 5.80. The predicted molar refractivity (Wildman–Crippen MR) is 83.8 cm³/mol. The Morgan fingerprint density at radius 3 is 2.90 bits per heavy atom. The van der Waals surface area contributed by atoms with Gasteiger partial charge in [0.2, 0.25) is 5.91 Å². The van der Waals surface area contributed by atoms with Gasteiger partial charge in [-0.3, -0.25) is 4.79 Å². The van der Waals surface area contributed by atoms with Gasteiger partial charge in [-0.05, 0) is 38.0 Å². The van der Waals surface area contributed by atoms with Gasteiger partial charge >= 0.3 is 0 Å². The first-order valence-corrected chi connectivity index (χ1v) is 6.87. The normalized spacial score (nSPS) is 18.6. The van der Waals surface area contributed by atoms with Gasteiger partial charge in [-0.15, -0.1) is 12.4 Å². The number of ether oxygens (including phenoxy) is 1. The summed E-state index contributed by atoms with van der Waals surface area (Å²) in [6.07, 6.45) is 1.62. The van der Waals surface area contributed by atoms with Crippen molar-refractivity contribution in [1.82, 2.24) is 0 Å². The van der Waals surface area contributed by atoms with Crippen molar-refractivity contribution in [3.8, 4) is 5.75 Å². The molecule has 2 N–H and O–H groups in total. The molecule has 112 valence electrons. The van der Waals surface area contributed by atoms with E-state index in [0.29, 0.717) is 13.0 Å². The number of aryl methyl sites for hydroxylation is 1. The lowest BCUT2D eigenvalue weighted by Gasteiger charge is -2.35. The predicted octanol–water partition coefficient (Wildman–Crippen LogP) is 2.66. The maximum absolute atomic E-state index is 12.4. The van der Waals surface area contributed by atoms with E-state index in [0.717, 1.165) is 23.4 Å². The Bertz CT molecular complexity index is 479. The molecular formula is C15H23ClN2O2. The van der Waals surface area contributed by atoms with E-state index in [4.69, 9.17) is 10.5 Å². The number of benzene rings is 1. The van der Waals surface area contributed by atoms with E-state index in [1.807, 2.05) is 39.0 Å². The lowest BCUT2D eigenvalue weighted by molar-refractivity contribution is -0.120. The number of anilines is 1. The Morgan fingerprint density at radius 2 is 2.25 bits per heavy atom. The highest BCUT2D eigenvalue weighted by Gasteiger charge is 2.30. The summed E-state index contributed by atoms with van der Waals surface area (Å²) in [5.74, 6) is 0.762. The summed E-state index contributed by atoms with van der Waals surface area (Å²) in [4.78, 5) is 14.2. The van der Waals surface area contributed by atoms with Crippen molar-refractivity contribution in [3.63, 3.8) is 0 Å². The Kier molecular flexibility index (Phi) is 5.84. The number of hydrogen-bond donors (Lipinski definition) is 1. The molecule has 0 saturated carbocycles. The number of carbonyl (C=O) groups is 1. The van der Waals surface area contributed by atoms with Crippen molar-refractivity contribution < 1.29 is 9.53 Å². The molecule has 1 heterocycles. The second-order valence-corrected chi connectivity index (χ2v) is 5.24. The van der Waals surface area contributed by atoms with Crippen LogP contribution in [0.2, 0.25) is 0 Å². The van der Waals surface area contributed by atoms with Crippen LogP contribution in [0.4, 0.5) is 5.69 Å². The summed E-state index contributed by atoms with van der Waals surface area (Å²) in [7, 11) is 0. The first kappa shape index (κ1) is 16.8. The Balaban J connectivity index is 0.00000200. The summed E-state index contributed by atoms with van der Waals surface area (Å²) in [6, 6.07) is 5.47. The number of carbonyl (C=O) groups excluding carboxylic acids is 1. The van der Waals surface area contributed by atoms with E-state index in [-0.39, 0.29) is 24.4 Å². The van der Waals surface area contributed by atoms with Crippen LogP contribution in [0.1, 0.15) is 32.3 Å². The van der Waals surface area contributed by atoms with E-state index in [2.05, 4.69) is 0 Å². The molecule has 0 aliphatic carbocycles. The summed E-state index contributed by atoms with van der Waals surface area (Å²) >= 11 is 0. The van der Waals surface area contributed by atoms with Gasteiger partial charge in [0.25, 0.3) is 0 Å². The molecule has 0 bridgehead atoms. The number of hydrogen-bond acceptors (Lipinski definition) is 3. The molecule has 0 spiro atoms. The first-order valence-electron chi connectivity index (χ1n) is 6.87. The van der Waals surface area contributed by atoms with Crippen molar-refractivity contribution in [1.29, 1.82) is 0 Å². The number of amides is 1. The third kappa shape index (κ3) is 3.44. The van der Waals surface area contributed by atoms with Gasteiger partial charge in [0.15, 0.2) is 0 Å². The fourth-order valence-corrected chi connectivity index (χ4v) is 2.39. The lowest BCUT2D eigenvalue weighted by Crippen LogP contribution is -2.49. The van der Waals surface area contributed by atoms with Gasteiger partial charge in [-0.1, -0.05) is 19.4 Å². The minimum Gasteiger partial charge on any atom is -0.487 e. The molecule has 5 heteroatoms. The third-order valence-electron chi connectivity index (χ3n) is 3.36. The number of halogens is 1. The van der Waals surface area contributed by atoms with Crippen LogP contribution in [0.25, 0.3) is 0 Å². The fraction of sp³-hybridized carbons (Fsp3) is 0.533. The molecule has 1 aliphatic rings. The van der Waals surface area contributed by atoms with Crippen LogP contribution in [-0.2, 0) is 4.79 Å². The monoisotopic (exact) mass is 298 g/mol. The molecular weight excluding hydrogens is 276 g/mol. The molecule has 0 fully saturated rings. The molecule has 1 aliphatic heterocycles. The molecule has 2 atom stereocenters. The van der Waals surface area contributed by atoms with Gasteiger partial charge in [-0.25, -0.2) is 0 Å². The van der Waals surface area contributed by atoms with Crippen LogP contribution in [0, 0.1) is 6.92 Å². The van der Waals surface area contributed by atoms with Crippen LogP contribution in [0.15, 0.2) is 18.2 Å². The van der Waals surface area contributed by atoms with Crippen LogP contribution in [0.5, 0.6) is 5.75 Å². The number of rotatable bonds is 3. The molecule has 1 aromatic rings. The zero-order chi connectivity index (χ0) is 14.0. The molecule has 0 saturated heterocycles. The van der Waals surface area contributed by atoms with E-state index < -0.39 is 6.04 Å². The van der Waals surface area contributed by atoms with Gasteiger partial charge in [0, 0.05) is 0 Å². The van der Waals surface area contributed by atoms with Crippen molar-refractivity contribution >= 4 is 24.0 Å². The van der Waals surface area contributed by atoms with Crippen LogP contribution < -0.4 is 15.4 Å². The summed E-state index contributed by atoms with van der Waals surface area (Å²) in [6.45, 7) is 6.58. The van der Waals surface area contributed by atoms with Gasteiger partial charge in [0.1, 0.15) is 11.9 Å². The Hall–Kier alpha value is -1.26. The summed E-state index contributed by atoms with van der Waals surface area (Å²) in [5.41, 5.74) is 7.92. The number of fused-ring (bicyclic) bond motifs is 1. The van der Waals surface area contributed by atoms with Crippen molar-refractivity contribution in [2.45, 2.75) is 45.8 Å². The van der Waals surface area contributed by atoms with Crippen molar-refractivity contribution in [2.75, 3.05) is 11.4 Å². The average molecular weight is 299 g/mol. The maximum atomic E-state index is 12.4. The second kappa shape index (κ2) is 6.95. The highest BCUT2D eigenvalue weighted by atomic mass is 35.5. The van der Waals surface area contributed by atoms with Gasteiger partial charge in [-0.2, -0.15) is 0 Å². The van der Waals surface area contributed by atoms with E-state index in [1.54, 1.807) is 4.90 Å². The quantitative estimate of drug-likeness (QED) is 0.933. The standard InChI is InChI=1S/C15H22N2O2.ClH/c1-4-5-12(16)15(18)17-9-11(3)19-14-8-10(2)6-7-13(14)17;/h6-8,11-12H,4-5,9,16H2,1-3H3;1H. The lowest BCUT2D eigenvalue weighted by atomic mass is 10.1. The minimum absolute atomic E-state index is 0.